The minimum absolute atomic E-state index is 0.212. The van der Waals surface area contributed by atoms with Gasteiger partial charge in [-0.15, -0.1) is 0 Å². The molecular weight excluding hydrogens is 254 g/mol. The highest BCUT2D eigenvalue weighted by Crippen LogP contribution is 2.25. The van der Waals surface area contributed by atoms with Gasteiger partial charge in [0.15, 0.2) is 0 Å². The highest BCUT2D eigenvalue weighted by atomic mass is 35.5. The highest BCUT2D eigenvalue weighted by Gasteiger charge is 2.23. The SMILES string of the molecule is CCOC1CCCN(c2cnn(C)c(=O)c2Cl)C1. The molecule has 0 amide bonds. The Bertz CT molecular complexity index is 473. The summed E-state index contributed by atoms with van der Waals surface area (Å²) in [6.07, 6.45) is 3.96. The molecule has 1 aliphatic heterocycles. The van der Waals surface area contributed by atoms with Crippen LogP contribution in [0.3, 0.4) is 0 Å². The van der Waals surface area contributed by atoms with Crippen LogP contribution in [-0.4, -0.2) is 35.6 Å². The summed E-state index contributed by atoms with van der Waals surface area (Å²) < 4.78 is 6.89. The average molecular weight is 272 g/mol. The minimum Gasteiger partial charge on any atom is -0.377 e. The maximum atomic E-state index is 11.7. The van der Waals surface area contributed by atoms with Crippen molar-refractivity contribution in [2.75, 3.05) is 24.6 Å². The summed E-state index contributed by atoms with van der Waals surface area (Å²) in [5, 5.41) is 4.26. The molecule has 1 aromatic rings. The molecule has 2 rings (SSSR count). The van der Waals surface area contributed by atoms with E-state index in [1.54, 1.807) is 13.2 Å². The lowest BCUT2D eigenvalue weighted by molar-refractivity contribution is 0.0526. The van der Waals surface area contributed by atoms with Crippen LogP contribution >= 0.6 is 11.6 Å². The fourth-order valence-electron chi connectivity index (χ4n) is 2.25. The molecule has 1 fully saturated rings. The molecular formula is C12H18ClN3O2. The molecule has 0 spiro atoms. The molecule has 0 aliphatic carbocycles. The van der Waals surface area contributed by atoms with Crippen molar-refractivity contribution in [1.82, 2.24) is 9.78 Å². The summed E-state index contributed by atoms with van der Waals surface area (Å²) in [4.78, 5) is 13.8. The molecule has 0 N–H and O–H groups in total. The van der Waals surface area contributed by atoms with Crippen LogP contribution in [0, 0.1) is 0 Å². The number of hydrogen-bond donors (Lipinski definition) is 0. The zero-order valence-corrected chi connectivity index (χ0v) is 11.5. The van der Waals surface area contributed by atoms with Crippen molar-refractivity contribution in [3.05, 3.63) is 21.6 Å². The first-order chi connectivity index (χ1) is 8.63. The van der Waals surface area contributed by atoms with Gasteiger partial charge in [-0.3, -0.25) is 4.79 Å². The molecule has 5 nitrogen and oxygen atoms in total. The van der Waals surface area contributed by atoms with Gasteiger partial charge in [-0.1, -0.05) is 11.6 Å². The maximum Gasteiger partial charge on any atom is 0.287 e. The number of aryl methyl sites for hydroxylation is 1. The van der Waals surface area contributed by atoms with Crippen LogP contribution in [0.4, 0.5) is 5.69 Å². The molecule has 0 bridgehead atoms. The molecule has 1 saturated heterocycles. The molecule has 6 heteroatoms. The average Bonchev–Trinajstić information content (AvgIpc) is 2.37. The first-order valence-electron chi connectivity index (χ1n) is 6.21. The third-order valence-corrected chi connectivity index (χ3v) is 3.54. The Kier molecular flexibility index (Phi) is 4.24. The van der Waals surface area contributed by atoms with Gasteiger partial charge < -0.3 is 9.64 Å². The standard InChI is InChI=1S/C12H18ClN3O2/c1-3-18-9-5-4-6-16(8-9)10-7-14-15(2)12(17)11(10)13/h7,9H,3-6,8H2,1-2H3. The Morgan fingerprint density at radius 2 is 2.39 bits per heavy atom. The molecule has 0 radical (unpaired) electrons. The van der Waals surface area contributed by atoms with Crippen molar-refractivity contribution in [2.45, 2.75) is 25.9 Å². The van der Waals surface area contributed by atoms with Gasteiger partial charge in [-0.2, -0.15) is 5.10 Å². The van der Waals surface area contributed by atoms with Crippen molar-refractivity contribution in [1.29, 1.82) is 0 Å². The molecule has 1 atom stereocenters. The van der Waals surface area contributed by atoms with Crippen LogP contribution in [0.25, 0.3) is 0 Å². The second kappa shape index (κ2) is 5.71. The molecule has 0 saturated carbocycles. The van der Waals surface area contributed by atoms with Crippen LogP contribution in [0.5, 0.6) is 0 Å². The summed E-state index contributed by atoms with van der Waals surface area (Å²) in [5.41, 5.74) is 0.455. The Balaban J connectivity index is 2.21. The number of hydrogen-bond acceptors (Lipinski definition) is 4. The zero-order chi connectivity index (χ0) is 13.1. The first kappa shape index (κ1) is 13.4. The highest BCUT2D eigenvalue weighted by molar-refractivity contribution is 6.33. The predicted molar refractivity (Wildman–Crippen MR) is 71.3 cm³/mol. The molecule has 1 aliphatic rings. The maximum absolute atomic E-state index is 11.7. The van der Waals surface area contributed by atoms with E-state index in [4.69, 9.17) is 16.3 Å². The first-order valence-corrected chi connectivity index (χ1v) is 6.59. The van der Waals surface area contributed by atoms with Crippen LogP contribution < -0.4 is 10.5 Å². The lowest BCUT2D eigenvalue weighted by Crippen LogP contribution is -2.40. The number of nitrogens with zero attached hydrogens (tertiary/aromatic N) is 3. The molecule has 100 valence electrons. The Labute approximate surface area is 111 Å². The Hall–Kier alpha value is -1.07. The van der Waals surface area contributed by atoms with Gasteiger partial charge in [0.2, 0.25) is 0 Å². The lowest BCUT2D eigenvalue weighted by Gasteiger charge is -2.34. The number of ether oxygens (including phenoxy) is 1. The van der Waals surface area contributed by atoms with Gasteiger partial charge in [0.25, 0.3) is 5.56 Å². The smallest absolute Gasteiger partial charge is 0.287 e. The van der Waals surface area contributed by atoms with Gasteiger partial charge >= 0.3 is 0 Å². The van der Waals surface area contributed by atoms with Gasteiger partial charge in [0, 0.05) is 26.7 Å². The Morgan fingerprint density at radius 3 is 3.11 bits per heavy atom. The summed E-state index contributed by atoms with van der Waals surface area (Å²) >= 11 is 6.10. The van der Waals surface area contributed by atoms with Crippen LogP contribution in [0.2, 0.25) is 5.02 Å². The molecule has 1 unspecified atom stereocenters. The van der Waals surface area contributed by atoms with Gasteiger partial charge in [-0.05, 0) is 19.8 Å². The van der Waals surface area contributed by atoms with Crippen molar-refractivity contribution in [3.8, 4) is 0 Å². The number of halogens is 1. The fraction of sp³-hybridized carbons (Fsp3) is 0.667. The predicted octanol–water partition coefficient (Wildman–Crippen LogP) is 1.44. The van der Waals surface area contributed by atoms with Crippen LogP contribution in [0.1, 0.15) is 19.8 Å². The molecule has 18 heavy (non-hydrogen) atoms. The van der Waals surface area contributed by atoms with E-state index in [-0.39, 0.29) is 16.7 Å². The number of piperidine rings is 1. The summed E-state index contributed by atoms with van der Waals surface area (Å²) in [7, 11) is 1.59. The normalized spacial score (nSPS) is 20.2. The largest absolute Gasteiger partial charge is 0.377 e. The number of aromatic nitrogens is 2. The van der Waals surface area contributed by atoms with E-state index >= 15 is 0 Å². The number of rotatable bonds is 3. The van der Waals surface area contributed by atoms with E-state index in [2.05, 4.69) is 10.00 Å². The van der Waals surface area contributed by atoms with Gasteiger partial charge in [0.1, 0.15) is 5.02 Å². The Morgan fingerprint density at radius 1 is 1.61 bits per heavy atom. The van der Waals surface area contributed by atoms with E-state index in [1.165, 1.54) is 4.68 Å². The second-order valence-corrected chi connectivity index (χ2v) is 4.82. The molecule has 0 aromatic carbocycles. The van der Waals surface area contributed by atoms with Crippen molar-refractivity contribution >= 4 is 17.3 Å². The third kappa shape index (κ3) is 2.67. The quantitative estimate of drug-likeness (QED) is 0.835. The van der Waals surface area contributed by atoms with E-state index in [1.807, 2.05) is 6.92 Å². The fourth-order valence-corrected chi connectivity index (χ4v) is 2.54. The summed E-state index contributed by atoms with van der Waals surface area (Å²) in [6.45, 7) is 4.35. The lowest BCUT2D eigenvalue weighted by atomic mass is 10.1. The van der Waals surface area contributed by atoms with E-state index < -0.39 is 0 Å². The summed E-state index contributed by atoms with van der Waals surface area (Å²) in [6, 6.07) is 0. The second-order valence-electron chi connectivity index (χ2n) is 4.44. The molecule has 2 heterocycles. The topological polar surface area (TPSA) is 47.4 Å². The van der Waals surface area contributed by atoms with Gasteiger partial charge in [0.05, 0.1) is 18.0 Å². The zero-order valence-electron chi connectivity index (χ0n) is 10.7. The van der Waals surface area contributed by atoms with Gasteiger partial charge in [-0.25, -0.2) is 4.68 Å². The van der Waals surface area contributed by atoms with Crippen molar-refractivity contribution in [3.63, 3.8) is 0 Å². The number of anilines is 1. The van der Waals surface area contributed by atoms with E-state index in [0.29, 0.717) is 12.3 Å². The van der Waals surface area contributed by atoms with E-state index in [9.17, 15) is 4.79 Å². The van der Waals surface area contributed by atoms with Crippen LogP contribution in [-0.2, 0) is 11.8 Å². The molecule has 1 aromatic heterocycles. The summed E-state index contributed by atoms with van der Waals surface area (Å²) in [5.74, 6) is 0. The third-order valence-electron chi connectivity index (χ3n) is 3.18. The van der Waals surface area contributed by atoms with Crippen molar-refractivity contribution < 1.29 is 4.74 Å². The van der Waals surface area contributed by atoms with Crippen molar-refractivity contribution in [2.24, 2.45) is 7.05 Å². The van der Waals surface area contributed by atoms with Crippen LogP contribution in [0.15, 0.2) is 11.0 Å². The minimum atomic E-state index is -0.257. The van der Waals surface area contributed by atoms with E-state index in [0.717, 1.165) is 25.9 Å². The monoisotopic (exact) mass is 271 g/mol.